The van der Waals surface area contributed by atoms with E-state index in [0.29, 0.717) is 23.7 Å². The van der Waals surface area contributed by atoms with Crippen molar-refractivity contribution < 1.29 is 51.6 Å². The minimum Gasteiger partial charge on any atom is -0.724 e. The molecule has 110 valence electrons. The number of urea groups is 1. The van der Waals surface area contributed by atoms with Crippen LogP contribution in [-0.2, 0) is 27.8 Å². The van der Waals surface area contributed by atoms with Crippen molar-refractivity contribution in [3.05, 3.63) is 17.5 Å². The van der Waals surface area contributed by atoms with E-state index < -0.39 is 22.5 Å². The van der Waals surface area contributed by atoms with Gasteiger partial charge in [0, 0.05) is 12.1 Å². The number of hydrogen-bond acceptors (Lipinski definition) is 7. The van der Waals surface area contributed by atoms with Crippen molar-refractivity contribution in [2.45, 2.75) is 19.1 Å². The van der Waals surface area contributed by atoms with Crippen LogP contribution in [0, 0.1) is 0 Å². The monoisotopic (exact) mass is 325 g/mol. The predicted molar refractivity (Wildman–Crippen MR) is 62.4 cm³/mol. The number of amides is 2. The summed E-state index contributed by atoms with van der Waals surface area (Å²) in [5.41, 5.74) is 6.92. The number of nitrogens with zero attached hydrogens (tertiary/aromatic N) is 4. The molecule has 0 saturated carbocycles. The summed E-state index contributed by atoms with van der Waals surface area (Å²) in [5, 5.41) is 4.75. The van der Waals surface area contributed by atoms with E-state index in [1.165, 1.54) is 4.90 Å². The van der Waals surface area contributed by atoms with Gasteiger partial charge in [-0.3, -0.25) is 4.68 Å². The Kier molecular flexibility index (Phi) is 4.63. The first-order valence-corrected chi connectivity index (χ1v) is 7.22. The molecule has 1 unspecified atom stereocenters. The van der Waals surface area contributed by atoms with Gasteiger partial charge in [-0.1, -0.05) is 0 Å². The maximum atomic E-state index is 12.0. The average Bonchev–Trinajstić information content (AvgIpc) is 2.86. The topological polar surface area (TPSA) is 134 Å². The number of carbonyl (C=O) groups is 1. The SMILES string of the molecule is NCCn1ncc2c1CN1CC2N(OS(=O)(=O)[O-])C1=O.[Na+]. The summed E-state index contributed by atoms with van der Waals surface area (Å²) in [4.78, 5) is 13.4. The molecule has 0 spiro atoms. The van der Waals surface area contributed by atoms with E-state index in [4.69, 9.17) is 5.73 Å². The molecular formula is C9H12N5NaO5S. The molecule has 2 bridgehead atoms. The van der Waals surface area contributed by atoms with Gasteiger partial charge in [-0.15, -0.1) is 0 Å². The Labute approximate surface area is 143 Å². The first-order valence-electron chi connectivity index (χ1n) is 5.89. The molecule has 0 radical (unpaired) electrons. The molecule has 12 heteroatoms. The van der Waals surface area contributed by atoms with Crippen LogP contribution in [0.4, 0.5) is 4.79 Å². The van der Waals surface area contributed by atoms with E-state index in [1.807, 2.05) is 0 Å². The van der Waals surface area contributed by atoms with Gasteiger partial charge in [0.25, 0.3) is 0 Å². The third-order valence-electron chi connectivity index (χ3n) is 3.33. The second-order valence-electron chi connectivity index (χ2n) is 4.55. The molecule has 1 fully saturated rings. The van der Waals surface area contributed by atoms with Crippen molar-refractivity contribution >= 4 is 16.4 Å². The van der Waals surface area contributed by atoms with Crippen molar-refractivity contribution in [1.29, 1.82) is 0 Å². The summed E-state index contributed by atoms with van der Waals surface area (Å²) >= 11 is 0. The molecule has 10 nitrogen and oxygen atoms in total. The number of hydrogen-bond donors (Lipinski definition) is 1. The summed E-state index contributed by atoms with van der Waals surface area (Å²) < 4.78 is 38.1. The van der Waals surface area contributed by atoms with Gasteiger partial charge in [-0.25, -0.2) is 13.2 Å². The fourth-order valence-corrected chi connectivity index (χ4v) is 2.91. The Morgan fingerprint density at radius 1 is 1.52 bits per heavy atom. The van der Waals surface area contributed by atoms with Crippen LogP contribution in [0.2, 0.25) is 0 Å². The molecule has 2 N–H and O–H groups in total. The van der Waals surface area contributed by atoms with Crippen LogP contribution in [0.15, 0.2) is 6.20 Å². The van der Waals surface area contributed by atoms with E-state index in [2.05, 4.69) is 9.38 Å². The van der Waals surface area contributed by atoms with Crippen molar-refractivity contribution in [3.8, 4) is 0 Å². The Morgan fingerprint density at radius 2 is 2.24 bits per heavy atom. The molecular weight excluding hydrogens is 313 g/mol. The Morgan fingerprint density at radius 3 is 2.86 bits per heavy atom. The van der Waals surface area contributed by atoms with Crippen LogP contribution in [0.3, 0.4) is 0 Å². The number of aromatic nitrogens is 2. The zero-order chi connectivity index (χ0) is 14.5. The van der Waals surface area contributed by atoms with Gasteiger partial charge in [0.05, 0.1) is 31.5 Å². The van der Waals surface area contributed by atoms with Gasteiger partial charge in [0.1, 0.15) is 6.04 Å². The summed E-state index contributed by atoms with van der Waals surface area (Å²) in [6.07, 6.45) is 1.54. The summed E-state index contributed by atoms with van der Waals surface area (Å²) in [5.74, 6) is 0. The van der Waals surface area contributed by atoms with Gasteiger partial charge in [-0.2, -0.15) is 14.4 Å². The number of rotatable bonds is 4. The minimum atomic E-state index is -5.00. The van der Waals surface area contributed by atoms with Crippen LogP contribution < -0.4 is 35.3 Å². The molecule has 3 rings (SSSR count). The molecule has 1 saturated heterocycles. The van der Waals surface area contributed by atoms with Gasteiger partial charge in [0.15, 0.2) is 0 Å². The van der Waals surface area contributed by atoms with Crippen LogP contribution in [-0.4, -0.2) is 51.8 Å². The van der Waals surface area contributed by atoms with Crippen molar-refractivity contribution in [3.63, 3.8) is 0 Å². The number of carbonyl (C=O) groups excluding carboxylic acids is 1. The van der Waals surface area contributed by atoms with Gasteiger partial charge < -0.3 is 15.2 Å². The summed E-state index contributed by atoms with van der Waals surface area (Å²) in [6.45, 7) is 1.42. The Bertz CT molecular complexity index is 661. The third kappa shape index (κ3) is 2.95. The second kappa shape index (κ2) is 5.83. The minimum absolute atomic E-state index is 0. The van der Waals surface area contributed by atoms with Gasteiger partial charge in [-0.05, 0) is 0 Å². The Hall–Kier alpha value is -0.690. The van der Waals surface area contributed by atoms with E-state index in [0.717, 1.165) is 5.69 Å². The quantitative estimate of drug-likeness (QED) is 0.335. The molecule has 2 amide bonds. The zero-order valence-corrected chi connectivity index (χ0v) is 14.1. The first-order chi connectivity index (χ1) is 9.40. The molecule has 2 aliphatic rings. The molecule has 1 aromatic heterocycles. The van der Waals surface area contributed by atoms with E-state index in [1.54, 1.807) is 10.9 Å². The van der Waals surface area contributed by atoms with Crippen LogP contribution in [0.1, 0.15) is 17.3 Å². The zero-order valence-electron chi connectivity index (χ0n) is 11.3. The average molecular weight is 325 g/mol. The largest absolute Gasteiger partial charge is 1.00 e. The predicted octanol–water partition coefficient (Wildman–Crippen LogP) is -4.47. The fraction of sp³-hybridized carbons (Fsp3) is 0.556. The van der Waals surface area contributed by atoms with Crippen LogP contribution in [0.25, 0.3) is 0 Å². The first kappa shape index (κ1) is 16.7. The van der Waals surface area contributed by atoms with Crippen molar-refractivity contribution in [2.75, 3.05) is 13.1 Å². The van der Waals surface area contributed by atoms with Gasteiger partial charge in [0.2, 0.25) is 10.4 Å². The van der Waals surface area contributed by atoms with Crippen molar-refractivity contribution in [2.24, 2.45) is 5.73 Å². The van der Waals surface area contributed by atoms with Crippen LogP contribution in [0.5, 0.6) is 0 Å². The van der Waals surface area contributed by atoms with E-state index in [-0.39, 0.29) is 42.6 Å². The molecule has 21 heavy (non-hydrogen) atoms. The molecule has 1 atom stereocenters. The smallest absolute Gasteiger partial charge is 0.724 e. The maximum Gasteiger partial charge on any atom is 1.00 e. The van der Waals surface area contributed by atoms with Crippen molar-refractivity contribution in [1.82, 2.24) is 19.7 Å². The second-order valence-corrected chi connectivity index (χ2v) is 5.51. The van der Waals surface area contributed by atoms with E-state index >= 15 is 0 Å². The van der Waals surface area contributed by atoms with Gasteiger partial charge >= 0.3 is 35.6 Å². The normalized spacial score (nSPS) is 20.5. The molecule has 3 heterocycles. The molecule has 2 aliphatic heterocycles. The molecule has 0 aliphatic carbocycles. The number of nitrogens with two attached hydrogens (primary N) is 1. The fourth-order valence-electron chi connectivity index (χ4n) is 2.54. The summed E-state index contributed by atoms with van der Waals surface area (Å²) in [6, 6.07) is -1.30. The maximum absolute atomic E-state index is 12.0. The molecule has 1 aromatic rings. The number of hydroxylamine groups is 2. The van der Waals surface area contributed by atoms with E-state index in [9.17, 15) is 17.8 Å². The number of fused-ring (bicyclic) bond motifs is 4. The summed E-state index contributed by atoms with van der Waals surface area (Å²) in [7, 11) is -5.00. The Balaban J connectivity index is 0.00000161. The van der Waals surface area contributed by atoms with Crippen LogP contribution >= 0.6 is 0 Å². The standard InChI is InChI=1S/C9H13N5O5S.Na/c10-1-2-13-7-4-12-5-8(6(7)3-11-13)14(9(12)15)19-20(16,17)18;/h3,8H,1-2,4-5,10H2,(H,16,17,18);/q;+1/p-1. The third-order valence-corrected chi connectivity index (χ3v) is 3.67. The molecule has 0 aromatic carbocycles.